The molecule has 0 saturated heterocycles. The number of allylic oxidation sites excluding steroid dienone is 1. The van der Waals surface area contributed by atoms with Gasteiger partial charge in [-0.3, -0.25) is 0 Å². The van der Waals surface area contributed by atoms with Gasteiger partial charge in [-0.2, -0.15) is 0 Å². The van der Waals surface area contributed by atoms with Crippen molar-refractivity contribution in [3.8, 4) is 11.5 Å². The standard InChI is InChI=1S/C15H21ClO2/c1-5-11(4)8-12-9-13(16)15(18-7-3)10-14(12)17-6-2/h5,9-11H,1,6-8H2,2-4H3. The quantitative estimate of drug-likeness (QED) is 0.678. The molecule has 1 aromatic carbocycles. The second kappa shape index (κ2) is 7.32. The molecule has 0 aliphatic rings. The van der Waals surface area contributed by atoms with Gasteiger partial charge in [0.15, 0.2) is 0 Å². The highest BCUT2D eigenvalue weighted by Crippen LogP contribution is 2.34. The number of ether oxygens (including phenoxy) is 2. The first-order valence-corrected chi connectivity index (χ1v) is 6.70. The largest absolute Gasteiger partial charge is 0.493 e. The van der Waals surface area contributed by atoms with Crippen LogP contribution in [0.2, 0.25) is 5.02 Å². The van der Waals surface area contributed by atoms with Crippen molar-refractivity contribution in [3.63, 3.8) is 0 Å². The van der Waals surface area contributed by atoms with E-state index >= 15 is 0 Å². The molecule has 0 aliphatic heterocycles. The average Bonchev–Trinajstić information content (AvgIpc) is 2.35. The van der Waals surface area contributed by atoms with E-state index in [2.05, 4.69) is 13.5 Å². The van der Waals surface area contributed by atoms with Gasteiger partial charge in [0.1, 0.15) is 11.5 Å². The molecule has 1 aromatic rings. The van der Waals surface area contributed by atoms with Crippen LogP contribution in [-0.2, 0) is 6.42 Å². The third-order valence-electron chi connectivity index (χ3n) is 2.66. The molecule has 18 heavy (non-hydrogen) atoms. The average molecular weight is 269 g/mol. The van der Waals surface area contributed by atoms with Crippen molar-refractivity contribution in [2.45, 2.75) is 27.2 Å². The van der Waals surface area contributed by atoms with E-state index in [1.165, 1.54) is 0 Å². The van der Waals surface area contributed by atoms with E-state index < -0.39 is 0 Å². The van der Waals surface area contributed by atoms with E-state index in [4.69, 9.17) is 21.1 Å². The molecule has 3 heteroatoms. The Labute approximate surface area is 115 Å². The topological polar surface area (TPSA) is 18.5 Å². The Bertz CT molecular complexity index is 402. The summed E-state index contributed by atoms with van der Waals surface area (Å²) in [4.78, 5) is 0. The van der Waals surface area contributed by atoms with Crippen molar-refractivity contribution in [3.05, 3.63) is 35.4 Å². The zero-order valence-electron chi connectivity index (χ0n) is 11.3. The molecule has 0 heterocycles. The minimum absolute atomic E-state index is 0.387. The van der Waals surface area contributed by atoms with Crippen LogP contribution in [0.5, 0.6) is 11.5 Å². The predicted octanol–water partition coefficient (Wildman–Crippen LogP) is 4.50. The number of benzene rings is 1. The van der Waals surface area contributed by atoms with Crippen molar-refractivity contribution >= 4 is 11.6 Å². The van der Waals surface area contributed by atoms with Gasteiger partial charge in [-0.1, -0.05) is 24.6 Å². The lowest BCUT2D eigenvalue weighted by atomic mass is 10.0. The lowest BCUT2D eigenvalue weighted by molar-refractivity contribution is 0.320. The van der Waals surface area contributed by atoms with Crippen molar-refractivity contribution in [2.75, 3.05) is 13.2 Å². The summed E-state index contributed by atoms with van der Waals surface area (Å²) in [5.41, 5.74) is 1.10. The molecule has 0 N–H and O–H groups in total. The van der Waals surface area contributed by atoms with Gasteiger partial charge >= 0.3 is 0 Å². The maximum Gasteiger partial charge on any atom is 0.141 e. The first-order chi connectivity index (χ1) is 8.62. The zero-order valence-corrected chi connectivity index (χ0v) is 12.1. The summed E-state index contributed by atoms with van der Waals surface area (Å²) >= 11 is 6.20. The number of halogens is 1. The fourth-order valence-electron chi connectivity index (χ4n) is 1.72. The molecule has 0 bridgehead atoms. The Morgan fingerprint density at radius 1 is 1.22 bits per heavy atom. The summed E-state index contributed by atoms with van der Waals surface area (Å²) in [7, 11) is 0. The van der Waals surface area contributed by atoms with Crippen LogP contribution in [0.4, 0.5) is 0 Å². The maximum absolute atomic E-state index is 6.20. The molecule has 0 aromatic heterocycles. The first kappa shape index (κ1) is 14.9. The van der Waals surface area contributed by atoms with Crippen LogP contribution < -0.4 is 9.47 Å². The van der Waals surface area contributed by atoms with Gasteiger partial charge in [0.05, 0.1) is 18.2 Å². The zero-order chi connectivity index (χ0) is 13.5. The van der Waals surface area contributed by atoms with Crippen LogP contribution in [-0.4, -0.2) is 13.2 Å². The molecule has 0 aliphatic carbocycles. The second-order valence-electron chi connectivity index (χ2n) is 4.17. The van der Waals surface area contributed by atoms with Gasteiger partial charge in [0.2, 0.25) is 0 Å². The molecule has 1 unspecified atom stereocenters. The van der Waals surface area contributed by atoms with Gasteiger partial charge in [0.25, 0.3) is 0 Å². The lowest BCUT2D eigenvalue weighted by Gasteiger charge is -2.15. The molecule has 2 nitrogen and oxygen atoms in total. The summed E-state index contributed by atoms with van der Waals surface area (Å²) in [6.07, 6.45) is 2.80. The van der Waals surface area contributed by atoms with E-state index in [0.717, 1.165) is 17.7 Å². The van der Waals surface area contributed by atoms with Crippen LogP contribution in [0.25, 0.3) is 0 Å². The lowest BCUT2D eigenvalue weighted by Crippen LogP contribution is -2.03. The van der Waals surface area contributed by atoms with Crippen molar-refractivity contribution in [1.82, 2.24) is 0 Å². The van der Waals surface area contributed by atoms with Gasteiger partial charge in [0, 0.05) is 6.07 Å². The van der Waals surface area contributed by atoms with E-state index in [1.807, 2.05) is 32.1 Å². The maximum atomic E-state index is 6.20. The third-order valence-corrected chi connectivity index (χ3v) is 2.95. The Hall–Kier alpha value is -1.15. The molecule has 0 spiro atoms. The Morgan fingerprint density at radius 2 is 1.83 bits per heavy atom. The Balaban J connectivity index is 3.06. The minimum Gasteiger partial charge on any atom is -0.493 e. The molecule has 0 fully saturated rings. The van der Waals surface area contributed by atoms with E-state index in [0.29, 0.717) is 29.9 Å². The van der Waals surface area contributed by atoms with E-state index in [-0.39, 0.29) is 0 Å². The molecule has 100 valence electrons. The second-order valence-corrected chi connectivity index (χ2v) is 4.58. The fraction of sp³-hybridized carbons (Fsp3) is 0.467. The van der Waals surface area contributed by atoms with Crippen molar-refractivity contribution < 1.29 is 9.47 Å². The van der Waals surface area contributed by atoms with E-state index in [9.17, 15) is 0 Å². The molecule has 0 saturated carbocycles. The molecular weight excluding hydrogens is 248 g/mol. The van der Waals surface area contributed by atoms with E-state index in [1.54, 1.807) is 0 Å². The normalized spacial score (nSPS) is 12.0. The molecule has 1 atom stereocenters. The first-order valence-electron chi connectivity index (χ1n) is 6.32. The SMILES string of the molecule is C=CC(C)Cc1cc(Cl)c(OCC)cc1OCC. The van der Waals surface area contributed by atoms with Gasteiger partial charge < -0.3 is 9.47 Å². The monoisotopic (exact) mass is 268 g/mol. The number of hydrogen-bond acceptors (Lipinski definition) is 2. The summed E-state index contributed by atoms with van der Waals surface area (Å²) in [6.45, 7) is 11.0. The summed E-state index contributed by atoms with van der Waals surface area (Å²) < 4.78 is 11.1. The van der Waals surface area contributed by atoms with Crippen molar-refractivity contribution in [1.29, 1.82) is 0 Å². The summed E-state index contributed by atoms with van der Waals surface area (Å²) in [5, 5.41) is 0.631. The van der Waals surface area contributed by atoms with Crippen LogP contribution in [0, 0.1) is 5.92 Å². The Morgan fingerprint density at radius 3 is 2.39 bits per heavy atom. The molecule has 0 amide bonds. The highest BCUT2D eigenvalue weighted by atomic mass is 35.5. The van der Waals surface area contributed by atoms with Gasteiger partial charge in [-0.05, 0) is 37.8 Å². The molecular formula is C15H21ClO2. The number of rotatable bonds is 7. The number of hydrogen-bond donors (Lipinski definition) is 0. The highest BCUT2D eigenvalue weighted by Gasteiger charge is 2.12. The third kappa shape index (κ3) is 3.95. The Kier molecular flexibility index (Phi) is 6.06. The predicted molar refractivity (Wildman–Crippen MR) is 76.9 cm³/mol. The molecule has 1 rings (SSSR count). The van der Waals surface area contributed by atoms with Crippen LogP contribution in [0.3, 0.4) is 0 Å². The fourth-order valence-corrected chi connectivity index (χ4v) is 1.96. The minimum atomic E-state index is 0.387. The summed E-state index contributed by atoms with van der Waals surface area (Å²) in [5.74, 6) is 1.91. The van der Waals surface area contributed by atoms with Gasteiger partial charge in [-0.25, -0.2) is 0 Å². The highest BCUT2D eigenvalue weighted by molar-refractivity contribution is 6.32. The van der Waals surface area contributed by atoms with Crippen LogP contribution in [0.15, 0.2) is 24.8 Å². The van der Waals surface area contributed by atoms with Gasteiger partial charge in [-0.15, -0.1) is 6.58 Å². The van der Waals surface area contributed by atoms with Crippen molar-refractivity contribution in [2.24, 2.45) is 5.92 Å². The smallest absolute Gasteiger partial charge is 0.141 e. The van der Waals surface area contributed by atoms with Crippen LogP contribution in [0.1, 0.15) is 26.3 Å². The van der Waals surface area contributed by atoms with Crippen LogP contribution >= 0.6 is 11.6 Å². The molecule has 0 radical (unpaired) electrons. The summed E-state index contributed by atoms with van der Waals surface area (Å²) in [6, 6.07) is 3.80.